The molecule has 2 aromatic rings. The minimum atomic E-state index is -1.53. The molecule has 3 rings (SSSR count). The van der Waals surface area contributed by atoms with Crippen molar-refractivity contribution in [2.75, 3.05) is 34.8 Å². The van der Waals surface area contributed by atoms with Crippen molar-refractivity contribution in [2.24, 2.45) is 23.7 Å². The van der Waals surface area contributed by atoms with E-state index in [2.05, 4.69) is 6.58 Å². The first-order valence-electron chi connectivity index (χ1n) is 25.0. The Morgan fingerprint density at radius 2 is 0.778 bits per heavy atom. The molecule has 1 fully saturated rings. The SMILES string of the molecule is C=CCOc1ccc(C[C@H]2OC(=O)[C@H](CC(C)C)N(C)C(=O)[C@@H](C)OC(=O)[C@H](CC(C)C)N(C)C(=O)[C@@H](Cc3ccccc3)OC(=O)[C@H](CC(C)C)N(C)C(=O)[C@@H](C)OC(=O)[C@H](CC(C)C)N(C)C2=O)cc1. The average molecular weight is 1010 g/mol. The molecule has 1 saturated heterocycles. The molecule has 0 aliphatic carbocycles. The quantitative estimate of drug-likeness (QED) is 0.111. The molecule has 1 aliphatic heterocycles. The van der Waals surface area contributed by atoms with Crippen molar-refractivity contribution in [3.8, 4) is 5.75 Å². The topological polar surface area (TPSA) is 196 Å². The van der Waals surface area contributed by atoms with E-state index in [1.807, 2.05) is 55.4 Å². The molecular formula is C55H80N4O13. The van der Waals surface area contributed by atoms with Gasteiger partial charge < -0.3 is 43.3 Å². The highest BCUT2D eigenvalue weighted by molar-refractivity contribution is 5.94. The van der Waals surface area contributed by atoms with Gasteiger partial charge in [-0.25, -0.2) is 19.2 Å². The van der Waals surface area contributed by atoms with Crippen LogP contribution in [-0.4, -0.2) is 150 Å². The molecule has 2 aromatic carbocycles. The summed E-state index contributed by atoms with van der Waals surface area (Å²) in [6.07, 6.45) is -4.22. The van der Waals surface area contributed by atoms with E-state index in [1.165, 1.54) is 42.0 Å². The fraction of sp³-hybridized carbons (Fsp3) is 0.600. The summed E-state index contributed by atoms with van der Waals surface area (Å²) in [5.74, 6) is -6.81. The lowest BCUT2D eigenvalue weighted by Gasteiger charge is -2.35. The van der Waals surface area contributed by atoms with E-state index < -0.39 is 96.1 Å². The molecule has 398 valence electrons. The highest BCUT2D eigenvalue weighted by Gasteiger charge is 2.43. The summed E-state index contributed by atoms with van der Waals surface area (Å²) in [4.78, 5) is 120. The Labute approximate surface area is 426 Å². The molecule has 0 aromatic heterocycles. The number of amides is 4. The normalized spacial score (nSPS) is 24.4. The van der Waals surface area contributed by atoms with Gasteiger partial charge in [0.15, 0.2) is 24.4 Å². The van der Waals surface area contributed by atoms with Gasteiger partial charge >= 0.3 is 23.9 Å². The summed E-state index contributed by atoms with van der Waals surface area (Å²) in [5, 5.41) is 0. The molecule has 1 heterocycles. The highest BCUT2D eigenvalue weighted by Crippen LogP contribution is 2.25. The van der Waals surface area contributed by atoms with Crippen molar-refractivity contribution in [2.45, 2.75) is 156 Å². The summed E-state index contributed by atoms with van der Waals surface area (Å²) in [7, 11) is 5.53. The molecule has 8 atom stereocenters. The van der Waals surface area contributed by atoms with Crippen LogP contribution < -0.4 is 4.74 Å². The summed E-state index contributed by atoms with van der Waals surface area (Å²) in [6.45, 7) is 21.4. The van der Waals surface area contributed by atoms with Crippen molar-refractivity contribution in [3.63, 3.8) is 0 Å². The predicted octanol–water partition coefficient (Wildman–Crippen LogP) is 6.23. The minimum Gasteiger partial charge on any atom is -0.490 e. The van der Waals surface area contributed by atoms with Gasteiger partial charge in [0.2, 0.25) is 0 Å². The molecule has 0 bridgehead atoms. The van der Waals surface area contributed by atoms with Gasteiger partial charge in [-0.15, -0.1) is 0 Å². The van der Waals surface area contributed by atoms with E-state index in [1.54, 1.807) is 60.7 Å². The highest BCUT2D eigenvalue weighted by atomic mass is 16.6. The average Bonchev–Trinajstić information content (AvgIpc) is 3.32. The first-order chi connectivity index (χ1) is 33.8. The van der Waals surface area contributed by atoms with Crippen molar-refractivity contribution in [3.05, 3.63) is 78.4 Å². The van der Waals surface area contributed by atoms with Gasteiger partial charge in [0.1, 0.15) is 36.5 Å². The monoisotopic (exact) mass is 1000 g/mol. The third-order valence-corrected chi connectivity index (χ3v) is 12.5. The Balaban J connectivity index is 2.26. The molecule has 0 N–H and O–H groups in total. The van der Waals surface area contributed by atoms with Gasteiger partial charge in [0.25, 0.3) is 23.6 Å². The Kier molecular flexibility index (Phi) is 23.4. The van der Waals surface area contributed by atoms with E-state index in [0.717, 1.165) is 19.6 Å². The number of likely N-dealkylation sites (N-methyl/N-ethyl adjacent to an activating group) is 4. The Bertz CT molecular complexity index is 2140. The van der Waals surface area contributed by atoms with Crippen LogP contribution in [-0.2, 0) is 70.1 Å². The largest absolute Gasteiger partial charge is 0.490 e. The first kappa shape index (κ1) is 60.0. The van der Waals surface area contributed by atoms with Crippen molar-refractivity contribution < 1.29 is 62.0 Å². The molecule has 17 nitrogen and oxygen atoms in total. The standard InChI is InChI=1S/C55H80N4O13/c1-16-26-68-41-24-22-40(23-25-41)32-47-51(63)59(15)43(28-34(4)5)53(65)70-37(10)48(60)56(12)44(29-35(6)7)54(66)71-46(31-39-20-18-17-19-21-39)50(62)58(14)42(27-33(2)3)52(64)69-38(11)49(61)57(13)45(30-36(8)9)55(67)72-47/h16-25,33-38,42-47H,1,26-32H2,2-15H3/t37-,38-,42+,43+,44+,45+,46-,47-/m1/s1. The molecule has 0 saturated carbocycles. The predicted molar refractivity (Wildman–Crippen MR) is 271 cm³/mol. The lowest BCUT2D eigenvalue weighted by Crippen LogP contribution is -2.55. The molecule has 0 spiro atoms. The maximum Gasteiger partial charge on any atom is 0.329 e. The van der Waals surface area contributed by atoms with E-state index in [0.29, 0.717) is 16.9 Å². The number of ether oxygens (including phenoxy) is 5. The molecule has 4 amide bonds. The van der Waals surface area contributed by atoms with Crippen molar-refractivity contribution in [1.29, 1.82) is 0 Å². The number of esters is 4. The van der Waals surface area contributed by atoms with Crippen LogP contribution in [0.3, 0.4) is 0 Å². The van der Waals surface area contributed by atoms with Crippen LogP contribution in [0.15, 0.2) is 67.3 Å². The van der Waals surface area contributed by atoms with Gasteiger partial charge in [0, 0.05) is 41.0 Å². The third-order valence-electron chi connectivity index (χ3n) is 12.5. The van der Waals surface area contributed by atoms with Crippen LogP contribution in [0.25, 0.3) is 0 Å². The number of hydrogen-bond acceptors (Lipinski definition) is 13. The van der Waals surface area contributed by atoms with Crippen LogP contribution in [0.4, 0.5) is 0 Å². The maximum absolute atomic E-state index is 14.8. The van der Waals surface area contributed by atoms with Gasteiger partial charge in [-0.05, 0) is 86.5 Å². The molecule has 17 heteroatoms. The van der Waals surface area contributed by atoms with Crippen LogP contribution in [0, 0.1) is 23.7 Å². The second-order valence-corrected chi connectivity index (χ2v) is 20.5. The lowest BCUT2D eigenvalue weighted by molar-refractivity contribution is -0.176. The minimum absolute atomic E-state index is 0.0866. The number of carbonyl (C=O) groups excluding carboxylic acids is 8. The number of rotatable bonds is 15. The molecular weight excluding hydrogens is 925 g/mol. The Morgan fingerprint density at radius 1 is 0.472 bits per heavy atom. The van der Waals surface area contributed by atoms with E-state index in [-0.39, 0.29) is 68.8 Å². The zero-order chi connectivity index (χ0) is 54.1. The van der Waals surface area contributed by atoms with Crippen LogP contribution >= 0.6 is 0 Å². The molecule has 1 aliphatic rings. The first-order valence-corrected chi connectivity index (χ1v) is 25.0. The van der Waals surface area contributed by atoms with Crippen molar-refractivity contribution in [1.82, 2.24) is 19.6 Å². The number of carbonyl (C=O) groups is 8. The fourth-order valence-corrected chi connectivity index (χ4v) is 8.40. The third kappa shape index (κ3) is 17.5. The number of hydrogen-bond donors (Lipinski definition) is 0. The smallest absolute Gasteiger partial charge is 0.329 e. The maximum atomic E-state index is 14.8. The molecule has 72 heavy (non-hydrogen) atoms. The van der Waals surface area contributed by atoms with Gasteiger partial charge in [-0.2, -0.15) is 0 Å². The summed E-state index contributed by atoms with van der Waals surface area (Å²) in [6, 6.07) is 10.6. The summed E-state index contributed by atoms with van der Waals surface area (Å²) >= 11 is 0. The van der Waals surface area contributed by atoms with E-state index in [4.69, 9.17) is 23.7 Å². The zero-order valence-corrected chi connectivity index (χ0v) is 45.0. The number of benzene rings is 2. The number of nitrogens with zero attached hydrogens (tertiary/aromatic N) is 4. The molecule has 0 unspecified atom stereocenters. The number of cyclic esters (lactones) is 4. The van der Waals surface area contributed by atoms with Crippen LogP contribution in [0.1, 0.15) is 106 Å². The van der Waals surface area contributed by atoms with Crippen molar-refractivity contribution >= 4 is 47.5 Å². The second-order valence-electron chi connectivity index (χ2n) is 20.5. The van der Waals surface area contributed by atoms with E-state index >= 15 is 0 Å². The van der Waals surface area contributed by atoms with Crippen LogP contribution in [0.2, 0.25) is 0 Å². The summed E-state index contributed by atoms with van der Waals surface area (Å²) < 4.78 is 29.5. The lowest BCUT2D eigenvalue weighted by atomic mass is 10.00. The fourth-order valence-electron chi connectivity index (χ4n) is 8.40. The summed E-state index contributed by atoms with van der Waals surface area (Å²) in [5.41, 5.74) is 1.22. The zero-order valence-electron chi connectivity index (χ0n) is 45.0. The van der Waals surface area contributed by atoms with Gasteiger partial charge in [0.05, 0.1) is 0 Å². The Hall–Kier alpha value is -6.26. The van der Waals surface area contributed by atoms with E-state index in [9.17, 15) is 38.4 Å². The van der Waals surface area contributed by atoms with Crippen LogP contribution in [0.5, 0.6) is 5.75 Å². The molecule has 0 radical (unpaired) electrons. The van der Waals surface area contributed by atoms with Gasteiger partial charge in [-0.1, -0.05) is 111 Å². The Morgan fingerprint density at radius 3 is 1.10 bits per heavy atom. The second kappa shape index (κ2) is 28.1. The van der Waals surface area contributed by atoms with Gasteiger partial charge in [-0.3, -0.25) is 19.2 Å².